The Balaban J connectivity index is 1.82. The summed E-state index contributed by atoms with van der Waals surface area (Å²) < 4.78 is 300. The number of benzene rings is 2. The molecule has 0 radical (unpaired) electrons. The van der Waals surface area contributed by atoms with E-state index in [4.69, 9.17) is 11.5 Å². The number of hydrogen-bond donors (Lipinski definition) is 2. The molecule has 22 heteroatoms. The molecular weight excluding hydrogens is 840 g/mol. The Kier molecular flexibility index (Phi) is 11.5. The van der Waals surface area contributed by atoms with Crippen LogP contribution in [0, 0.1) is 0 Å². The van der Waals surface area contributed by atoms with Gasteiger partial charge in [-0.2, -0.15) is 87.8 Å². The lowest BCUT2D eigenvalue weighted by atomic mass is 9.76. The fraction of sp³-hybridized carbons (Fsp3) is 0.667. The maximum atomic E-state index is 15.4. The van der Waals surface area contributed by atoms with E-state index in [0.29, 0.717) is 12.8 Å². The molecule has 2 aromatic carbocycles. The molecule has 0 spiro atoms. The van der Waals surface area contributed by atoms with Crippen molar-refractivity contribution in [3.8, 4) is 0 Å². The van der Waals surface area contributed by atoms with E-state index in [-0.39, 0.29) is 61.3 Å². The minimum Gasteiger partial charge on any atom is -0.398 e. The highest BCUT2D eigenvalue weighted by Crippen LogP contribution is 2.68. The number of rotatable bonds is 15. The van der Waals surface area contributed by atoms with E-state index in [0.717, 1.165) is 0 Å². The zero-order valence-corrected chi connectivity index (χ0v) is 30.6. The Morgan fingerprint density at radius 1 is 0.397 bits per heavy atom. The van der Waals surface area contributed by atoms with Gasteiger partial charge in [0.15, 0.2) is 0 Å². The summed E-state index contributed by atoms with van der Waals surface area (Å²) >= 11 is 0. The van der Waals surface area contributed by atoms with E-state index < -0.39 is 116 Å². The highest BCUT2D eigenvalue weighted by Gasteiger charge is 2.97. The summed E-state index contributed by atoms with van der Waals surface area (Å²) in [6, 6.07) is -0.0444. The fourth-order valence-corrected chi connectivity index (χ4v) is 6.77. The molecule has 0 saturated heterocycles. The van der Waals surface area contributed by atoms with Crippen molar-refractivity contribution in [3.05, 3.63) is 57.6 Å². The smallest absolute Gasteiger partial charge is 0.385 e. The molecule has 2 fully saturated rings. The van der Waals surface area contributed by atoms with Crippen LogP contribution in [0.1, 0.15) is 123 Å². The minimum atomic E-state index is -9.12. The van der Waals surface area contributed by atoms with Crippen molar-refractivity contribution in [2.75, 3.05) is 11.5 Å². The highest BCUT2D eigenvalue weighted by atomic mass is 19.4. The van der Waals surface area contributed by atoms with Crippen LogP contribution in [0.4, 0.5) is 99.2 Å². The number of halogens is 20. The van der Waals surface area contributed by atoms with Crippen molar-refractivity contribution >= 4 is 11.4 Å². The number of anilines is 2. The summed E-state index contributed by atoms with van der Waals surface area (Å²) in [5.74, 6) is -86.7. The first-order valence-electron chi connectivity index (χ1n) is 17.5. The zero-order valence-electron chi connectivity index (χ0n) is 30.6. The molecule has 2 saturated carbocycles. The van der Waals surface area contributed by atoms with Crippen molar-refractivity contribution < 1.29 is 87.8 Å². The minimum absolute atomic E-state index is 0.0111. The molecule has 0 heterocycles. The van der Waals surface area contributed by atoms with Gasteiger partial charge in [0.05, 0.1) is 0 Å². The van der Waals surface area contributed by atoms with E-state index in [1.807, 2.05) is 0 Å². The summed E-state index contributed by atoms with van der Waals surface area (Å²) in [6.07, 6.45) is 1.39. The Hall–Kier alpha value is -3.36. The Morgan fingerprint density at radius 3 is 0.810 bits per heavy atom. The Morgan fingerprint density at radius 2 is 0.621 bits per heavy atom. The number of alkyl halides is 20. The summed E-state index contributed by atoms with van der Waals surface area (Å²) in [7, 11) is 0. The maximum Gasteiger partial charge on any atom is 0.385 e. The molecular formula is C36H36F20N2. The summed E-state index contributed by atoms with van der Waals surface area (Å²) in [5.41, 5.74) is 4.53. The third-order valence-electron chi connectivity index (χ3n) is 11.1. The number of nitrogen functional groups attached to an aromatic ring is 2. The Labute approximate surface area is 317 Å². The molecule has 0 amide bonds. The summed E-state index contributed by atoms with van der Waals surface area (Å²) in [6.45, 7) is 4.79. The summed E-state index contributed by atoms with van der Waals surface area (Å²) in [5, 5.41) is 0. The number of hydrogen-bond acceptors (Lipinski definition) is 2. The molecule has 2 aliphatic carbocycles. The summed E-state index contributed by atoms with van der Waals surface area (Å²) in [4.78, 5) is 0. The molecule has 2 aromatic rings. The monoisotopic (exact) mass is 876 g/mol. The molecule has 4 rings (SSSR count). The SMILES string of the molecule is CC(C)c1cc(C(F)(F)C(F)(F)C(F)(F)C(F)(F)C(F)(F)C(F)(F)C(F)(F)C(F)(F)C(F)(F)C(F)(F)c2cc(C(C)C)c(N)c(C3CCC3)c2)cc(C2CCC2)c1N. The van der Waals surface area contributed by atoms with Gasteiger partial charge in [0.1, 0.15) is 0 Å². The standard InChI is InChI=1S/C36H36F20N2/c1-15(2)21-11-19(13-23(25(21)57)17-7-5-8-17)27(37,38)29(41,42)31(45,46)33(49,50)35(53,54)36(55,56)34(51,52)32(47,48)30(43,44)28(39,40)20-12-22(16(3)4)26(58)24(14-20)18-9-6-10-18/h11-18H,5-10,57-58H2,1-4H3. The molecule has 2 nitrogen and oxygen atoms in total. The van der Waals surface area contributed by atoms with Crippen molar-refractivity contribution in [1.82, 2.24) is 0 Å². The largest absolute Gasteiger partial charge is 0.398 e. The van der Waals surface area contributed by atoms with Crippen molar-refractivity contribution in [3.63, 3.8) is 0 Å². The quantitative estimate of drug-likeness (QED) is 0.138. The van der Waals surface area contributed by atoms with Crippen LogP contribution in [-0.4, -0.2) is 47.4 Å². The van der Waals surface area contributed by atoms with Crippen molar-refractivity contribution in [2.45, 2.75) is 149 Å². The fourth-order valence-electron chi connectivity index (χ4n) is 6.77. The van der Waals surface area contributed by atoms with Gasteiger partial charge in [-0.1, -0.05) is 40.5 Å². The zero-order chi connectivity index (χ0) is 45.0. The van der Waals surface area contributed by atoms with Gasteiger partial charge in [0, 0.05) is 22.5 Å². The van der Waals surface area contributed by atoms with Gasteiger partial charge in [-0.05, 0) is 95.9 Å². The van der Waals surface area contributed by atoms with Crippen LogP contribution >= 0.6 is 0 Å². The second-order valence-electron chi connectivity index (χ2n) is 15.4. The lowest BCUT2D eigenvalue weighted by molar-refractivity contribution is -0.470. The average molecular weight is 877 g/mol. The molecule has 0 aliphatic heterocycles. The predicted molar refractivity (Wildman–Crippen MR) is 170 cm³/mol. The van der Waals surface area contributed by atoms with Gasteiger partial charge < -0.3 is 11.5 Å². The van der Waals surface area contributed by atoms with Crippen LogP contribution in [0.5, 0.6) is 0 Å². The van der Waals surface area contributed by atoms with Crippen molar-refractivity contribution in [2.24, 2.45) is 0 Å². The average Bonchev–Trinajstić information content (AvgIpc) is 3.03. The first-order valence-corrected chi connectivity index (χ1v) is 17.5. The van der Waals surface area contributed by atoms with Gasteiger partial charge in [-0.25, -0.2) is 0 Å². The van der Waals surface area contributed by atoms with Crippen LogP contribution in [0.25, 0.3) is 0 Å². The molecule has 2 aliphatic rings. The van der Waals surface area contributed by atoms with E-state index in [2.05, 4.69) is 0 Å². The van der Waals surface area contributed by atoms with Crippen LogP contribution < -0.4 is 11.5 Å². The maximum absolute atomic E-state index is 15.4. The second kappa shape index (κ2) is 14.1. The van der Waals surface area contributed by atoms with Gasteiger partial charge in [0.25, 0.3) is 0 Å². The normalized spacial score (nSPS) is 17.9. The van der Waals surface area contributed by atoms with E-state index in [1.165, 1.54) is 27.7 Å². The lowest BCUT2D eigenvalue weighted by Crippen LogP contribution is -2.76. The van der Waals surface area contributed by atoms with Crippen LogP contribution in [0.2, 0.25) is 0 Å². The first-order chi connectivity index (χ1) is 25.9. The van der Waals surface area contributed by atoms with Crippen LogP contribution in [0.3, 0.4) is 0 Å². The van der Waals surface area contributed by atoms with Gasteiger partial charge in [0.2, 0.25) is 0 Å². The van der Waals surface area contributed by atoms with Crippen molar-refractivity contribution in [1.29, 1.82) is 0 Å². The third-order valence-corrected chi connectivity index (χ3v) is 11.1. The molecule has 0 aromatic heterocycles. The molecule has 0 atom stereocenters. The Bertz CT molecular complexity index is 1730. The highest BCUT2D eigenvalue weighted by molar-refractivity contribution is 5.61. The molecule has 58 heavy (non-hydrogen) atoms. The van der Waals surface area contributed by atoms with Crippen LogP contribution in [-0.2, 0) is 11.8 Å². The number of nitrogens with two attached hydrogens (primary N) is 2. The lowest BCUT2D eigenvalue weighted by Gasteiger charge is -2.45. The molecule has 0 bridgehead atoms. The molecule has 4 N–H and O–H groups in total. The topological polar surface area (TPSA) is 52.0 Å². The van der Waals surface area contributed by atoms with E-state index in [9.17, 15) is 52.7 Å². The predicted octanol–water partition coefficient (Wildman–Crippen LogP) is 13.6. The third kappa shape index (κ3) is 6.27. The first kappa shape index (κ1) is 47.3. The van der Waals surface area contributed by atoms with Gasteiger partial charge >= 0.3 is 59.2 Å². The van der Waals surface area contributed by atoms with E-state index >= 15 is 35.1 Å². The van der Waals surface area contributed by atoms with Gasteiger partial charge in [-0.15, -0.1) is 0 Å². The second-order valence-corrected chi connectivity index (χ2v) is 15.4. The van der Waals surface area contributed by atoms with Crippen LogP contribution in [0.15, 0.2) is 24.3 Å². The van der Waals surface area contributed by atoms with Gasteiger partial charge in [-0.3, -0.25) is 0 Å². The molecule has 330 valence electrons. The molecule has 0 unspecified atom stereocenters. The van der Waals surface area contributed by atoms with E-state index in [1.54, 1.807) is 0 Å².